The first-order valence-electron chi connectivity index (χ1n) is 8.96. The van der Waals surface area contributed by atoms with Crippen molar-refractivity contribution >= 4 is 23.0 Å². The van der Waals surface area contributed by atoms with Crippen molar-refractivity contribution in [1.29, 1.82) is 0 Å². The lowest BCUT2D eigenvalue weighted by atomic mass is 10.2. The molecule has 0 atom stereocenters. The Kier molecular flexibility index (Phi) is 7.84. The number of hydrogen-bond donors (Lipinski definition) is 2. The first kappa shape index (κ1) is 20.2. The van der Waals surface area contributed by atoms with Crippen LogP contribution in [0.15, 0.2) is 29.4 Å². The fourth-order valence-corrected chi connectivity index (χ4v) is 3.48. The highest BCUT2D eigenvalue weighted by Gasteiger charge is 2.09. The van der Waals surface area contributed by atoms with E-state index < -0.39 is 0 Å². The van der Waals surface area contributed by atoms with E-state index in [1.807, 2.05) is 37.1 Å². The third-order valence-corrected chi connectivity index (χ3v) is 5.07. The van der Waals surface area contributed by atoms with E-state index in [1.54, 1.807) is 24.5 Å². The van der Waals surface area contributed by atoms with Gasteiger partial charge in [0.15, 0.2) is 5.96 Å². The maximum absolute atomic E-state index is 14.4. The molecule has 0 unspecified atom stereocenters. The molecule has 0 radical (unpaired) electrons. The van der Waals surface area contributed by atoms with Crippen molar-refractivity contribution in [1.82, 2.24) is 15.6 Å². The van der Waals surface area contributed by atoms with Crippen LogP contribution >= 0.6 is 11.3 Å². The smallest absolute Gasteiger partial charge is 0.191 e. The van der Waals surface area contributed by atoms with Crippen LogP contribution in [-0.4, -0.2) is 37.6 Å². The van der Waals surface area contributed by atoms with Crippen molar-refractivity contribution in [2.45, 2.75) is 33.7 Å². The molecule has 2 aromatic rings. The highest BCUT2D eigenvalue weighted by atomic mass is 32.1. The molecule has 0 aliphatic rings. The summed E-state index contributed by atoms with van der Waals surface area (Å²) < 4.78 is 14.4. The first-order valence-corrected chi connectivity index (χ1v) is 9.78. The summed E-state index contributed by atoms with van der Waals surface area (Å²) in [5.74, 6) is 0.515. The fourth-order valence-electron chi connectivity index (χ4n) is 2.69. The maximum Gasteiger partial charge on any atom is 0.191 e. The van der Waals surface area contributed by atoms with Crippen LogP contribution in [0.4, 0.5) is 10.1 Å². The number of aromatic nitrogens is 1. The van der Waals surface area contributed by atoms with Crippen LogP contribution in [0.5, 0.6) is 0 Å². The van der Waals surface area contributed by atoms with Gasteiger partial charge in [-0.3, -0.25) is 4.99 Å². The minimum absolute atomic E-state index is 0.185. The Labute approximate surface area is 159 Å². The SMILES string of the molecule is CCN(CC)c1ccc(CNC(=NC)NCCc2ncc(C)s2)cc1F. The lowest BCUT2D eigenvalue weighted by molar-refractivity contribution is 0.617. The molecule has 2 N–H and O–H groups in total. The third-order valence-electron chi connectivity index (χ3n) is 4.10. The summed E-state index contributed by atoms with van der Waals surface area (Å²) in [7, 11) is 1.73. The average Bonchev–Trinajstić information content (AvgIpc) is 3.05. The normalized spacial score (nSPS) is 11.5. The number of aryl methyl sites for hydroxylation is 1. The Morgan fingerprint density at radius 2 is 2.04 bits per heavy atom. The van der Waals surface area contributed by atoms with Crippen molar-refractivity contribution in [3.63, 3.8) is 0 Å². The number of benzene rings is 1. The Morgan fingerprint density at radius 3 is 2.62 bits per heavy atom. The number of nitrogens with zero attached hydrogens (tertiary/aromatic N) is 3. The van der Waals surface area contributed by atoms with Crippen LogP contribution in [0.2, 0.25) is 0 Å². The molecule has 0 aliphatic carbocycles. The lowest BCUT2D eigenvalue weighted by Crippen LogP contribution is -2.37. The van der Waals surface area contributed by atoms with Gasteiger partial charge in [-0.25, -0.2) is 9.37 Å². The van der Waals surface area contributed by atoms with Crippen LogP contribution in [0, 0.1) is 12.7 Å². The molecule has 1 aromatic heterocycles. The van der Waals surface area contributed by atoms with Gasteiger partial charge in [-0.1, -0.05) is 6.07 Å². The molecule has 0 bridgehead atoms. The van der Waals surface area contributed by atoms with Gasteiger partial charge >= 0.3 is 0 Å². The zero-order valence-corrected chi connectivity index (χ0v) is 16.8. The molecule has 0 saturated carbocycles. The van der Waals surface area contributed by atoms with Gasteiger partial charge in [-0.05, 0) is 38.5 Å². The molecule has 1 aromatic carbocycles. The summed E-state index contributed by atoms with van der Waals surface area (Å²) >= 11 is 1.71. The van der Waals surface area contributed by atoms with E-state index in [0.717, 1.165) is 36.6 Å². The monoisotopic (exact) mass is 377 g/mol. The topological polar surface area (TPSA) is 52.5 Å². The van der Waals surface area contributed by atoms with Crippen molar-refractivity contribution in [3.8, 4) is 0 Å². The zero-order valence-electron chi connectivity index (χ0n) is 16.0. The van der Waals surface area contributed by atoms with Gasteiger partial charge in [-0.2, -0.15) is 0 Å². The highest BCUT2D eigenvalue weighted by molar-refractivity contribution is 7.11. The molecular weight excluding hydrogens is 349 g/mol. The number of thiazole rings is 1. The summed E-state index contributed by atoms with van der Waals surface area (Å²) in [6, 6.07) is 5.39. The summed E-state index contributed by atoms with van der Waals surface area (Å²) in [6.45, 7) is 8.97. The van der Waals surface area contributed by atoms with Crippen molar-refractivity contribution < 1.29 is 4.39 Å². The summed E-state index contributed by atoms with van der Waals surface area (Å²) in [5.41, 5.74) is 1.54. The highest BCUT2D eigenvalue weighted by Crippen LogP contribution is 2.20. The van der Waals surface area contributed by atoms with E-state index in [0.29, 0.717) is 18.2 Å². The summed E-state index contributed by atoms with van der Waals surface area (Å²) in [5, 5.41) is 7.60. The van der Waals surface area contributed by atoms with E-state index in [4.69, 9.17) is 0 Å². The fraction of sp³-hybridized carbons (Fsp3) is 0.474. The molecule has 7 heteroatoms. The van der Waals surface area contributed by atoms with Gasteiger partial charge < -0.3 is 15.5 Å². The minimum Gasteiger partial charge on any atom is -0.370 e. The second-order valence-electron chi connectivity index (χ2n) is 5.93. The molecule has 0 spiro atoms. The van der Waals surface area contributed by atoms with Gasteiger partial charge in [-0.15, -0.1) is 11.3 Å². The van der Waals surface area contributed by atoms with E-state index in [-0.39, 0.29) is 5.82 Å². The molecule has 142 valence electrons. The maximum atomic E-state index is 14.4. The molecule has 26 heavy (non-hydrogen) atoms. The minimum atomic E-state index is -0.185. The van der Waals surface area contributed by atoms with E-state index in [1.165, 1.54) is 4.88 Å². The van der Waals surface area contributed by atoms with E-state index >= 15 is 0 Å². The van der Waals surface area contributed by atoms with Gasteiger partial charge in [0.25, 0.3) is 0 Å². The number of anilines is 1. The quantitative estimate of drug-likeness (QED) is 0.547. The van der Waals surface area contributed by atoms with Crippen molar-refractivity contribution in [2.75, 3.05) is 31.6 Å². The molecule has 2 rings (SSSR count). The Hall–Kier alpha value is -2.15. The van der Waals surface area contributed by atoms with Crippen LogP contribution in [0.3, 0.4) is 0 Å². The largest absolute Gasteiger partial charge is 0.370 e. The molecule has 0 saturated heterocycles. The second kappa shape index (κ2) is 10.1. The van der Waals surface area contributed by atoms with Crippen LogP contribution < -0.4 is 15.5 Å². The predicted molar refractivity (Wildman–Crippen MR) is 109 cm³/mol. The Morgan fingerprint density at radius 1 is 1.27 bits per heavy atom. The Bertz CT molecular complexity index is 724. The van der Waals surface area contributed by atoms with Crippen molar-refractivity contribution in [2.24, 2.45) is 4.99 Å². The van der Waals surface area contributed by atoms with Gasteiger partial charge in [0, 0.05) is 50.7 Å². The number of hydrogen-bond acceptors (Lipinski definition) is 4. The molecular formula is C19H28FN5S. The van der Waals surface area contributed by atoms with Gasteiger partial charge in [0.2, 0.25) is 0 Å². The number of rotatable bonds is 8. The third kappa shape index (κ3) is 5.69. The van der Waals surface area contributed by atoms with Gasteiger partial charge in [0.05, 0.1) is 10.7 Å². The number of halogens is 1. The summed E-state index contributed by atoms with van der Waals surface area (Å²) in [4.78, 5) is 11.8. The standard InChI is InChI=1S/C19H28FN5S/c1-5-25(6-2)17-8-7-15(11-16(17)20)13-24-19(21-4)22-10-9-18-23-12-14(3)26-18/h7-8,11-12H,5-6,9-10,13H2,1-4H3,(H2,21,22,24). The predicted octanol–water partition coefficient (Wildman–Crippen LogP) is 3.34. The first-order chi connectivity index (χ1) is 12.6. The lowest BCUT2D eigenvalue weighted by Gasteiger charge is -2.22. The summed E-state index contributed by atoms with van der Waals surface area (Å²) in [6.07, 6.45) is 2.75. The second-order valence-corrected chi connectivity index (χ2v) is 7.24. The van der Waals surface area contributed by atoms with E-state index in [9.17, 15) is 4.39 Å². The van der Waals surface area contributed by atoms with Crippen LogP contribution in [0.25, 0.3) is 0 Å². The van der Waals surface area contributed by atoms with Crippen LogP contribution in [0.1, 0.15) is 29.3 Å². The molecule has 5 nitrogen and oxygen atoms in total. The van der Waals surface area contributed by atoms with Crippen LogP contribution in [-0.2, 0) is 13.0 Å². The van der Waals surface area contributed by atoms with Crippen molar-refractivity contribution in [3.05, 3.63) is 45.7 Å². The average molecular weight is 378 g/mol. The number of aliphatic imine (C=N–C) groups is 1. The number of nitrogens with one attached hydrogen (secondary N) is 2. The van der Waals surface area contributed by atoms with Gasteiger partial charge in [0.1, 0.15) is 5.82 Å². The molecule has 0 fully saturated rings. The zero-order chi connectivity index (χ0) is 18.9. The Balaban J connectivity index is 1.84. The molecule has 1 heterocycles. The molecule has 0 aliphatic heterocycles. The number of guanidine groups is 1. The molecule has 0 amide bonds. The van der Waals surface area contributed by atoms with E-state index in [2.05, 4.69) is 27.5 Å².